The number of aliphatic hydroxyl groups is 1. The molecule has 1 fully saturated rings. The number of nitrogens with zero attached hydrogens (tertiary/aromatic N) is 5. The maximum Gasteiger partial charge on any atom is 0.225 e. The Bertz CT molecular complexity index is 845. The van der Waals surface area contributed by atoms with Gasteiger partial charge in [-0.1, -0.05) is 18.2 Å². The van der Waals surface area contributed by atoms with Crippen molar-refractivity contribution in [3.05, 3.63) is 30.0 Å². The first kappa shape index (κ1) is 17.1. The minimum atomic E-state index is -1.11. The second-order valence-electron chi connectivity index (χ2n) is 6.74. The predicted molar refractivity (Wildman–Crippen MR) is 94.0 cm³/mol. The molecule has 1 saturated heterocycles. The first-order chi connectivity index (χ1) is 11.9. The van der Waals surface area contributed by atoms with Gasteiger partial charge in [0.25, 0.3) is 0 Å². The van der Waals surface area contributed by atoms with Crippen LogP contribution in [0, 0.1) is 11.3 Å². The Labute approximate surface area is 146 Å². The maximum absolute atomic E-state index is 12.1. The fourth-order valence-electron chi connectivity index (χ4n) is 3.32. The molecule has 1 unspecified atom stereocenters. The summed E-state index contributed by atoms with van der Waals surface area (Å²) in [6, 6.07) is 9.61. The van der Waals surface area contributed by atoms with E-state index >= 15 is 0 Å². The molecular formula is C18H21N5O2. The SMILES string of the molecule is CN(C)C(=O)CC1(O)CCCN(c2c(C#N)nnc3ccccc23)C1. The largest absolute Gasteiger partial charge is 0.388 e. The van der Waals surface area contributed by atoms with Crippen LogP contribution in [0.25, 0.3) is 10.9 Å². The second kappa shape index (κ2) is 6.65. The molecule has 0 spiro atoms. The Morgan fingerprint density at radius 2 is 2.16 bits per heavy atom. The fourth-order valence-corrected chi connectivity index (χ4v) is 3.32. The first-order valence-electron chi connectivity index (χ1n) is 8.26. The normalized spacial score (nSPS) is 20.3. The number of hydrogen-bond acceptors (Lipinski definition) is 6. The van der Waals surface area contributed by atoms with Crippen LogP contribution in [0.15, 0.2) is 24.3 Å². The van der Waals surface area contributed by atoms with E-state index in [9.17, 15) is 15.2 Å². The van der Waals surface area contributed by atoms with Crippen LogP contribution < -0.4 is 4.90 Å². The van der Waals surface area contributed by atoms with Gasteiger partial charge >= 0.3 is 0 Å². The van der Waals surface area contributed by atoms with E-state index in [1.807, 2.05) is 29.2 Å². The van der Waals surface area contributed by atoms with Crippen molar-refractivity contribution >= 4 is 22.5 Å². The highest BCUT2D eigenvalue weighted by molar-refractivity contribution is 5.93. The maximum atomic E-state index is 12.1. The van der Waals surface area contributed by atoms with Crippen LogP contribution in [-0.2, 0) is 4.79 Å². The molecule has 7 heteroatoms. The monoisotopic (exact) mass is 339 g/mol. The van der Waals surface area contributed by atoms with Gasteiger partial charge < -0.3 is 14.9 Å². The molecule has 1 atom stereocenters. The average molecular weight is 339 g/mol. The van der Waals surface area contributed by atoms with E-state index in [4.69, 9.17) is 0 Å². The number of nitriles is 1. The Hall–Kier alpha value is -2.72. The van der Waals surface area contributed by atoms with E-state index in [0.717, 1.165) is 11.8 Å². The summed E-state index contributed by atoms with van der Waals surface area (Å²) in [5, 5.41) is 29.4. The lowest BCUT2D eigenvalue weighted by atomic mass is 9.88. The topological polar surface area (TPSA) is 93.4 Å². The smallest absolute Gasteiger partial charge is 0.225 e. The summed E-state index contributed by atoms with van der Waals surface area (Å²) in [6.45, 7) is 0.986. The number of carbonyl (C=O) groups is 1. The number of carbonyl (C=O) groups excluding carboxylic acids is 1. The van der Waals surface area contributed by atoms with Crippen molar-refractivity contribution in [3.8, 4) is 6.07 Å². The second-order valence-corrected chi connectivity index (χ2v) is 6.74. The number of β-amino-alcohol motifs (C(OH)–C–C–N with tert-alkyl or cyclic N) is 1. The molecule has 1 aliphatic rings. The number of piperidine rings is 1. The molecule has 0 saturated carbocycles. The molecule has 2 aromatic rings. The third-order valence-electron chi connectivity index (χ3n) is 4.60. The van der Waals surface area contributed by atoms with Crippen molar-refractivity contribution in [2.24, 2.45) is 0 Å². The molecule has 0 bridgehead atoms. The van der Waals surface area contributed by atoms with Crippen molar-refractivity contribution in [2.75, 3.05) is 32.1 Å². The molecule has 1 aromatic heterocycles. The Morgan fingerprint density at radius 1 is 1.40 bits per heavy atom. The van der Waals surface area contributed by atoms with Gasteiger partial charge in [-0.15, -0.1) is 10.2 Å². The van der Waals surface area contributed by atoms with Crippen molar-refractivity contribution in [1.82, 2.24) is 15.1 Å². The average Bonchev–Trinajstić information content (AvgIpc) is 2.60. The van der Waals surface area contributed by atoms with Gasteiger partial charge in [0, 0.05) is 32.6 Å². The Morgan fingerprint density at radius 3 is 2.88 bits per heavy atom. The van der Waals surface area contributed by atoms with Crippen molar-refractivity contribution < 1.29 is 9.90 Å². The number of rotatable bonds is 3. The fraction of sp³-hybridized carbons (Fsp3) is 0.444. The highest BCUT2D eigenvalue weighted by Crippen LogP contribution is 2.34. The standard InChI is InChI=1S/C18H21N5O2/c1-22(2)16(24)10-18(25)8-5-9-23(12-18)17-13-6-3-4-7-14(13)20-21-15(17)11-19/h3-4,6-7,25H,5,8-10,12H2,1-2H3. The molecular weight excluding hydrogens is 318 g/mol. The summed E-state index contributed by atoms with van der Waals surface area (Å²) in [7, 11) is 3.36. The van der Waals surface area contributed by atoms with Gasteiger partial charge in [-0.05, 0) is 18.9 Å². The highest BCUT2D eigenvalue weighted by Gasteiger charge is 2.37. The number of hydrogen-bond donors (Lipinski definition) is 1. The molecule has 1 aromatic carbocycles. The zero-order chi connectivity index (χ0) is 18.0. The van der Waals surface area contributed by atoms with Gasteiger partial charge in [0.05, 0.1) is 23.2 Å². The number of anilines is 1. The van der Waals surface area contributed by atoms with Crippen LogP contribution in [0.2, 0.25) is 0 Å². The zero-order valence-electron chi connectivity index (χ0n) is 14.4. The summed E-state index contributed by atoms with van der Waals surface area (Å²) < 4.78 is 0. The van der Waals surface area contributed by atoms with Gasteiger partial charge in [0.15, 0.2) is 5.69 Å². The summed E-state index contributed by atoms with van der Waals surface area (Å²) in [6.07, 6.45) is 1.36. The minimum absolute atomic E-state index is 0.0643. The molecule has 1 amide bonds. The lowest BCUT2D eigenvalue weighted by Crippen LogP contribution is -2.50. The molecule has 1 N–H and O–H groups in total. The predicted octanol–water partition coefficient (Wildman–Crippen LogP) is 1.31. The number of fused-ring (bicyclic) bond motifs is 1. The summed E-state index contributed by atoms with van der Waals surface area (Å²) in [5.41, 5.74) is 0.511. The van der Waals surface area contributed by atoms with E-state index in [2.05, 4.69) is 16.3 Å². The van der Waals surface area contributed by atoms with E-state index < -0.39 is 5.60 Å². The van der Waals surface area contributed by atoms with Crippen molar-refractivity contribution in [2.45, 2.75) is 24.9 Å². The Kier molecular flexibility index (Phi) is 4.55. The Balaban J connectivity index is 1.98. The van der Waals surface area contributed by atoms with E-state index in [1.54, 1.807) is 14.1 Å². The molecule has 0 radical (unpaired) electrons. The lowest BCUT2D eigenvalue weighted by Gasteiger charge is -2.40. The van der Waals surface area contributed by atoms with Crippen molar-refractivity contribution in [1.29, 1.82) is 5.26 Å². The number of benzene rings is 1. The van der Waals surface area contributed by atoms with Crippen LogP contribution in [0.5, 0.6) is 0 Å². The number of amides is 1. The van der Waals surface area contributed by atoms with E-state index in [0.29, 0.717) is 24.2 Å². The van der Waals surface area contributed by atoms with Gasteiger partial charge in [-0.2, -0.15) is 5.26 Å². The molecule has 0 aliphatic carbocycles. The molecule has 25 heavy (non-hydrogen) atoms. The van der Waals surface area contributed by atoms with Gasteiger partial charge in [-0.3, -0.25) is 4.79 Å². The van der Waals surface area contributed by atoms with Crippen LogP contribution in [-0.4, -0.2) is 58.9 Å². The van der Waals surface area contributed by atoms with Crippen LogP contribution in [0.3, 0.4) is 0 Å². The lowest BCUT2D eigenvalue weighted by molar-refractivity contribution is -0.134. The summed E-state index contributed by atoms with van der Waals surface area (Å²) >= 11 is 0. The minimum Gasteiger partial charge on any atom is -0.388 e. The highest BCUT2D eigenvalue weighted by atomic mass is 16.3. The molecule has 2 heterocycles. The van der Waals surface area contributed by atoms with Crippen LogP contribution in [0.1, 0.15) is 25.0 Å². The molecule has 130 valence electrons. The molecule has 1 aliphatic heterocycles. The summed E-state index contributed by atoms with van der Waals surface area (Å²) in [5.74, 6) is -0.109. The van der Waals surface area contributed by atoms with E-state index in [-0.39, 0.29) is 24.6 Å². The third kappa shape index (κ3) is 3.39. The first-order valence-corrected chi connectivity index (χ1v) is 8.26. The van der Waals surface area contributed by atoms with Gasteiger partial charge in [-0.25, -0.2) is 0 Å². The third-order valence-corrected chi connectivity index (χ3v) is 4.60. The van der Waals surface area contributed by atoms with E-state index in [1.165, 1.54) is 4.90 Å². The van der Waals surface area contributed by atoms with Crippen LogP contribution in [0.4, 0.5) is 5.69 Å². The van der Waals surface area contributed by atoms with Crippen LogP contribution >= 0.6 is 0 Å². The molecule has 3 rings (SSSR count). The van der Waals surface area contributed by atoms with Gasteiger partial charge in [0.1, 0.15) is 6.07 Å². The molecule has 7 nitrogen and oxygen atoms in total. The quantitative estimate of drug-likeness (QED) is 0.906. The summed E-state index contributed by atoms with van der Waals surface area (Å²) in [4.78, 5) is 15.5. The van der Waals surface area contributed by atoms with Crippen molar-refractivity contribution in [3.63, 3.8) is 0 Å². The zero-order valence-corrected chi connectivity index (χ0v) is 14.4. The number of aromatic nitrogens is 2. The van der Waals surface area contributed by atoms with Gasteiger partial charge in [0.2, 0.25) is 5.91 Å².